The molecule has 1 aliphatic heterocycles. The highest BCUT2D eigenvalue weighted by molar-refractivity contribution is 6.01. The van der Waals surface area contributed by atoms with E-state index >= 15 is 4.39 Å². The van der Waals surface area contributed by atoms with Crippen LogP contribution in [0.3, 0.4) is 0 Å². The Morgan fingerprint density at radius 3 is 2.56 bits per heavy atom. The van der Waals surface area contributed by atoms with Crippen LogP contribution in [0.15, 0.2) is 12.1 Å². The first kappa shape index (κ1) is 23.1. The van der Waals surface area contributed by atoms with Crippen molar-refractivity contribution in [3.05, 3.63) is 46.0 Å². The number of rotatable bonds is 6. The van der Waals surface area contributed by atoms with E-state index in [-0.39, 0.29) is 22.8 Å². The number of nitrogens with zero attached hydrogens (tertiary/aromatic N) is 1. The maximum absolute atomic E-state index is 15.4. The molecule has 34 heavy (non-hydrogen) atoms. The molecule has 1 saturated carbocycles. The molecule has 2 aliphatic carbocycles. The molecule has 0 atom stereocenters. The van der Waals surface area contributed by atoms with E-state index in [1.807, 2.05) is 10.6 Å². The predicted octanol–water partition coefficient (Wildman–Crippen LogP) is 5.43. The highest BCUT2D eigenvalue weighted by atomic mass is 19.1. The van der Waals surface area contributed by atoms with E-state index in [1.165, 1.54) is 12.5 Å². The fourth-order valence-corrected chi connectivity index (χ4v) is 6.24. The molecule has 0 bridgehead atoms. The van der Waals surface area contributed by atoms with E-state index in [4.69, 9.17) is 10.5 Å². The summed E-state index contributed by atoms with van der Waals surface area (Å²) in [5.41, 5.74) is 9.99. The van der Waals surface area contributed by atoms with Crippen LogP contribution < -0.4 is 11.1 Å². The predicted molar refractivity (Wildman–Crippen MR) is 129 cm³/mol. The van der Waals surface area contributed by atoms with Gasteiger partial charge in [0.05, 0.1) is 35.8 Å². The van der Waals surface area contributed by atoms with Crippen LogP contribution in [0.2, 0.25) is 0 Å². The molecule has 2 aromatic rings. The highest BCUT2D eigenvalue weighted by Crippen LogP contribution is 2.46. The van der Waals surface area contributed by atoms with Crippen molar-refractivity contribution in [1.82, 2.24) is 4.57 Å². The van der Waals surface area contributed by atoms with Crippen LogP contribution in [0.1, 0.15) is 103 Å². The van der Waals surface area contributed by atoms with Crippen LogP contribution in [0.25, 0.3) is 5.69 Å². The molecular formula is C27H34FN3O3. The molecule has 2 heterocycles. The van der Waals surface area contributed by atoms with Crippen LogP contribution in [-0.2, 0) is 24.4 Å². The minimum absolute atomic E-state index is 0.0936. The third-order valence-electron chi connectivity index (χ3n) is 8.36. The van der Waals surface area contributed by atoms with Crippen LogP contribution in [-0.4, -0.2) is 22.3 Å². The molecule has 1 aromatic heterocycles. The lowest BCUT2D eigenvalue weighted by Crippen LogP contribution is -2.32. The van der Waals surface area contributed by atoms with Gasteiger partial charge in [-0.2, -0.15) is 0 Å². The summed E-state index contributed by atoms with van der Waals surface area (Å²) in [6.07, 6.45) is 8.49. The summed E-state index contributed by atoms with van der Waals surface area (Å²) < 4.78 is 23.1. The average Bonchev–Trinajstić information content (AvgIpc) is 3.39. The number of benzene rings is 1. The number of hydrogen-bond acceptors (Lipinski definition) is 4. The molecule has 6 nitrogen and oxygen atoms in total. The van der Waals surface area contributed by atoms with E-state index in [0.717, 1.165) is 67.5 Å². The summed E-state index contributed by atoms with van der Waals surface area (Å²) >= 11 is 0. The number of carbonyl (C=O) groups is 2. The van der Waals surface area contributed by atoms with Gasteiger partial charge in [-0.15, -0.1) is 0 Å². The van der Waals surface area contributed by atoms with Gasteiger partial charge >= 0.3 is 0 Å². The van der Waals surface area contributed by atoms with Gasteiger partial charge in [0.2, 0.25) is 0 Å². The van der Waals surface area contributed by atoms with E-state index in [1.54, 1.807) is 0 Å². The fraction of sp³-hybridized carbons (Fsp3) is 0.556. The molecule has 0 radical (unpaired) electrons. The SMILES string of the molecule is CCC1(CC)CC(=O)c2c3c(n(-c4cc(F)c(C(N)=O)c(NC5CCCCC5)c4)c2C1)COC3. The summed E-state index contributed by atoms with van der Waals surface area (Å²) in [5.74, 6) is -1.27. The van der Waals surface area contributed by atoms with Gasteiger partial charge < -0.3 is 20.4 Å². The van der Waals surface area contributed by atoms with Crippen molar-refractivity contribution >= 4 is 17.4 Å². The van der Waals surface area contributed by atoms with Gasteiger partial charge in [-0.3, -0.25) is 9.59 Å². The normalized spacial score (nSPS) is 19.7. The number of nitrogens with two attached hydrogens (primary N) is 1. The zero-order chi connectivity index (χ0) is 24.0. The Morgan fingerprint density at radius 2 is 1.88 bits per heavy atom. The Balaban J connectivity index is 1.67. The molecule has 1 aromatic carbocycles. The second-order valence-corrected chi connectivity index (χ2v) is 10.3. The molecule has 3 aliphatic rings. The number of carbonyl (C=O) groups excluding carboxylic acids is 2. The van der Waals surface area contributed by atoms with Crippen molar-refractivity contribution in [1.29, 1.82) is 0 Å². The van der Waals surface area contributed by atoms with Gasteiger partial charge in [0, 0.05) is 29.3 Å². The quantitative estimate of drug-likeness (QED) is 0.593. The summed E-state index contributed by atoms with van der Waals surface area (Å²) in [4.78, 5) is 25.5. The van der Waals surface area contributed by atoms with Gasteiger partial charge in [0.1, 0.15) is 5.82 Å². The van der Waals surface area contributed by atoms with Gasteiger partial charge in [0.15, 0.2) is 5.78 Å². The monoisotopic (exact) mass is 467 g/mol. The van der Waals surface area contributed by atoms with Crippen molar-refractivity contribution in [2.24, 2.45) is 11.1 Å². The summed E-state index contributed by atoms with van der Waals surface area (Å²) in [5, 5.41) is 3.42. The topological polar surface area (TPSA) is 86.4 Å². The Kier molecular flexibility index (Phi) is 6.00. The first-order valence-electron chi connectivity index (χ1n) is 12.6. The number of aromatic nitrogens is 1. The van der Waals surface area contributed by atoms with E-state index in [2.05, 4.69) is 19.2 Å². The van der Waals surface area contributed by atoms with Gasteiger partial charge in [0.25, 0.3) is 5.91 Å². The number of nitrogens with one attached hydrogen (secondary N) is 1. The van der Waals surface area contributed by atoms with E-state index < -0.39 is 11.7 Å². The van der Waals surface area contributed by atoms with Crippen LogP contribution in [0.4, 0.5) is 10.1 Å². The molecule has 1 amide bonds. The molecule has 182 valence electrons. The number of halogens is 1. The molecule has 7 heteroatoms. The van der Waals surface area contributed by atoms with Crippen molar-refractivity contribution < 1.29 is 18.7 Å². The third kappa shape index (κ3) is 3.74. The Hall–Kier alpha value is -2.67. The lowest BCUT2D eigenvalue weighted by Gasteiger charge is -2.36. The lowest BCUT2D eigenvalue weighted by molar-refractivity contribution is 0.0858. The number of ketones is 1. The second-order valence-electron chi connectivity index (χ2n) is 10.3. The van der Waals surface area contributed by atoms with Crippen molar-refractivity contribution in [2.45, 2.75) is 90.9 Å². The maximum Gasteiger partial charge on any atom is 0.253 e. The smallest absolute Gasteiger partial charge is 0.253 e. The Morgan fingerprint density at radius 1 is 1.15 bits per heavy atom. The zero-order valence-electron chi connectivity index (χ0n) is 20.1. The molecule has 1 fully saturated rings. The van der Waals surface area contributed by atoms with Crippen LogP contribution in [0.5, 0.6) is 0 Å². The van der Waals surface area contributed by atoms with E-state index in [0.29, 0.717) is 31.0 Å². The molecule has 0 saturated heterocycles. The average molecular weight is 468 g/mol. The summed E-state index contributed by atoms with van der Waals surface area (Å²) in [6, 6.07) is 3.39. The van der Waals surface area contributed by atoms with Crippen LogP contribution >= 0.6 is 0 Å². The first-order chi connectivity index (χ1) is 16.4. The summed E-state index contributed by atoms with van der Waals surface area (Å²) in [6.45, 7) is 5.06. The molecule has 5 rings (SSSR count). The number of amides is 1. The van der Waals surface area contributed by atoms with Gasteiger partial charge in [-0.05, 0) is 49.7 Å². The number of hydrogen-bond donors (Lipinski definition) is 2. The number of fused-ring (bicyclic) bond motifs is 3. The molecule has 0 unspecified atom stereocenters. The number of ether oxygens (including phenoxy) is 1. The Bertz CT molecular complexity index is 1140. The third-order valence-corrected chi connectivity index (χ3v) is 8.36. The van der Waals surface area contributed by atoms with Crippen molar-refractivity contribution in [3.8, 4) is 5.69 Å². The van der Waals surface area contributed by atoms with Crippen LogP contribution in [0, 0.1) is 11.2 Å². The Labute approximate surface area is 200 Å². The first-order valence-corrected chi connectivity index (χ1v) is 12.6. The minimum atomic E-state index is -0.781. The molecular weight excluding hydrogens is 433 g/mol. The zero-order valence-corrected chi connectivity index (χ0v) is 20.1. The van der Waals surface area contributed by atoms with E-state index in [9.17, 15) is 9.59 Å². The summed E-state index contributed by atoms with van der Waals surface area (Å²) in [7, 11) is 0. The highest BCUT2D eigenvalue weighted by Gasteiger charge is 2.42. The van der Waals surface area contributed by atoms with Gasteiger partial charge in [-0.25, -0.2) is 4.39 Å². The molecule has 3 N–H and O–H groups in total. The largest absolute Gasteiger partial charge is 0.382 e. The fourth-order valence-electron chi connectivity index (χ4n) is 6.24. The van der Waals surface area contributed by atoms with Crippen molar-refractivity contribution in [2.75, 3.05) is 5.32 Å². The van der Waals surface area contributed by atoms with Gasteiger partial charge in [-0.1, -0.05) is 33.1 Å². The number of Topliss-reactive ketones (excluding diaryl/α,β-unsaturated/α-hetero) is 1. The molecule has 0 spiro atoms. The number of primary amides is 1. The maximum atomic E-state index is 15.4. The minimum Gasteiger partial charge on any atom is -0.382 e. The number of anilines is 1. The second kappa shape index (κ2) is 8.84. The standard InChI is InChI=1S/C27H34FN3O3/c1-3-27(4-2)12-21-24(23(32)13-27)18-14-34-15-22(18)31(21)17-10-19(28)25(26(29)33)20(11-17)30-16-8-6-5-7-9-16/h10-11,16,30H,3-9,12-15H2,1-2H3,(H2,29,33). The lowest BCUT2D eigenvalue weighted by atomic mass is 9.69. The van der Waals surface area contributed by atoms with Crippen molar-refractivity contribution in [3.63, 3.8) is 0 Å².